The monoisotopic (exact) mass is 344 g/mol. The molecule has 0 heterocycles. The fourth-order valence-electron chi connectivity index (χ4n) is 2.00. The summed E-state index contributed by atoms with van der Waals surface area (Å²) in [6.45, 7) is 8.44. The van der Waals surface area contributed by atoms with E-state index in [2.05, 4.69) is 40.7 Å². The molecule has 114 valence electrons. The van der Waals surface area contributed by atoms with Crippen LogP contribution < -0.4 is 5.73 Å². The lowest BCUT2D eigenvalue weighted by Crippen LogP contribution is -2.23. The van der Waals surface area contributed by atoms with Gasteiger partial charge in [-0.05, 0) is 52.6 Å². The molecule has 0 radical (unpaired) electrons. The van der Waals surface area contributed by atoms with E-state index in [0.29, 0.717) is 19.6 Å². The van der Waals surface area contributed by atoms with Crippen LogP contribution >= 0.6 is 15.9 Å². The topological polar surface area (TPSA) is 58.7 Å². The van der Waals surface area contributed by atoms with Crippen LogP contribution in [0, 0.1) is 0 Å². The van der Waals surface area contributed by atoms with E-state index < -0.39 is 0 Å². The quantitative estimate of drug-likeness (QED) is 0.534. The van der Waals surface area contributed by atoms with Crippen molar-refractivity contribution in [3.63, 3.8) is 0 Å². The minimum Gasteiger partial charge on any atom is -0.398 e. The number of hydrogen-bond acceptors (Lipinski definition) is 4. The van der Waals surface area contributed by atoms with Crippen molar-refractivity contribution in [2.45, 2.75) is 33.4 Å². The van der Waals surface area contributed by atoms with Gasteiger partial charge in [-0.3, -0.25) is 4.90 Å². The number of benzene rings is 1. The Morgan fingerprint density at radius 1 is 1.30 bits per heavy atom. The van der Waals surface area contributed by atoms with Gasteiger partial charge in [0.05, 0.1) is 12.3 Å². The van der Waals surface area contributed by atoms with Crippen LogP contribution in [0.25, 0.3) is 0 Å². The molecule has 1 aromatic rings. The minimum absolute atomic E-state index is 0.165. The molecule has 0 aliphatic carbocycles. The normalized spacial score (nSPS) is 11.2. The molecule has 0 unspecified atom stereocenters. The number of hydrogen-bond donors (Lipinski definition) is 2. The molecule has 1 aromatic carbocycles. The van der Waals surface area contributed by atoms with Crippen LogP contribution in [0.1, 0.15) is 31.4 Å². The van der Waals surface area contributed by atoms with Crippen molar-refractivity contribution in [1.82, 2.24) is 4.90 Å². The maximum absolute atomic E-state index is 8.73. The molecule has 0 amide bonds. The lowest BCUT2D eigenvalue weighted by Gasteiger charge is -2.20. The lowest BCUT2D eigenvalue weighted by atomic mass is 10.1. The summed E-state index contributed by atoms with van der Waals surface area (Å²) in [7, 11) is 0. The van der Waals surface area contributed by atoms with Gasteiger partial charge in [-0.2, -0.15) is 0 Å². The number of rotatable bonds is 9. The van der Waals surface area contributed by atoms with Crippen LogP contribution in [0.15, 0.2) is 16.6 Å². The van der Waals surface area contributed by atoms with Crippen LogP contribution in [0.5, 0.6) is 0 Å². The number of aliphatic hydroxyl groups excluding tert-OH is 1. The van der Waals surface area contributed by atoms with Gasteiger partial charge < -0.3 is 15.6 Å². The average molecular weight is 345 g/mol. The van der Waals surface area contributed by atoms with Crippen LogP contribution in [-0.2, 0) is 17.9 Å². The number of anilines is 1. The molecule has 0 bridgehead atoms. The first-order chi connectivity index (χ1) is 9.62. The van der Waals surface area contributed by atoms with E-state index in [1.165, 1.54) is 0 Å². The zero-order chi connectivity index (χ0) is 15.0. The molecule has 4 nitrogen and oxygen atoms in total. The molecule has 3 N–H and O–H groups in total. The largest absolute Gasteiger partial charge is 0.398 e. The van der Waals surface area contributed by atoms with Crippen LogP contribution in [0.2, 0.25) is 0 Å². The summed E-state index contributed by atoms with van der Waals surface area (Å²) in [6, 6.07) is 4.11. The predicted octanol–water partition coefficient (Wildman–Crippen LogP) is 2.77. The second-order valence-electron chi connectivity index (χ2n) is 4.74. The van der Waals surface area contributed by atoms with Crippen molar-refractivity contribution in [1.29, 1.82) is 0 Å². The summed E-state index contributed by atoms with van der Waals surface area (Å²) in [4.78, 5) is 2.33. The standard InChI is InChI=1S/C15H25BrN2O2/c1-3-18(4-2)10-13-8-12(9-14(16)15(13)17)11-20-7-5-6-19/h8-9,19H,3-7,10-11,17H2,1-2H3. The molecule has 1 rings (SSSR count). The number of nitrogen functional groups attached to an aromatic ring is 1. The molecule has 20 heavy (non-hydrogen) atoms. The molecule has 0 aliphatic heterocycles. The van der Waals surface area contributed by atoms with Crippen molar-refractivity contribution in [3.05, 3.63) is 27.7 Å². The third kappa shape index (κ3) is 5.40. The van der Waals surface area contributed by atoms with Gasteiger partial charge in [0, 0.05) is 24.2 Å². The molecule has 0 aromatic heterocycles. The van der Waals surface area contributed by atoms with E-state index >= 15 is 0 Å². The average Bonchev–Trinajstić information content (AvgIpc) is 2.45. The second-order valence-corrected chi connectivity index (χ2v) is 5.60. The van der Waals surface area contributed by atoms with Gasteiger partial charge in [-0.15, -0.1) is 0 Å². The van der Waals surface area contributed by atoms with Crippen molar-refractivity contribution in [3.8, 4) is 0 Å². The summed E-state index contributed by atoms with van der Waals surface area (Å²) in [6.07, 6.45) is 0.669. The van der Waals surface area contributed by atoms with Gasteiger partial charge in [0.15, 0.2) is 0 Å². The van der Waals surface area contributed by atoms with Gasteiger partial charge in [0.2, 0.25) is 0 Å². The maximum Gasteiger partial charge on any atom is 0.0717 e. The highest BCUT2D eigenvalue weighted by molar-refractivity contribution is 9.10. The summed E-state index contributed by atoms with van der Waals surface area (Å²) in [5.74, 6) is 0. The highest BCUT2D eigenvalue weighted by atomic mass is 79.9. The number of aliphatic hydroxyl groups is 1. The number of halogens is 1. The minimum atomic E-state index is 0.165. The first kappa shape index (κ1) is 17.4. The molecule has 0 atom stereocenters. The number of ether oxygens (including phenoxy) is 1. The molecular weight excluding hydrogens is 320 g/mol. The van der Waals surface area contributed by atoms with Gasteiger partial charge in [0.25, 0.3) is 0 Å². The Morgan fingerprint density at radius 3 is 2.60 bits per heavy atom. The molecule has 5 heteroatoms. The molecule has 0 saturated heterocycles. The fourth-order valence-corrected chi connectivity index (χ4v) is 2.54. The molecule has 0 fully saturated rings. The Labute approximate surface area is 130 Å². The molecular formula is C15H25BrN2O2. The Hall–Kier alpha value is -0.620. The first-order valence-corrected chi connectivity index (χ1v) is 7.89. The second kappa shape index (κ2) is 9.34. The molecule has 0 spiro atoms. The molecule has 0 aliphatic rings. The first-order valence-electron chi connectivity index (χ1n) is 7.10. The Kier molecular flexibility index (Phi) is 8.14. The SMILES string of the molecule is CCN(CC)Cc1cc(COCCCO)cc(Br)c1N. The number of nitrogens with zero attached hydrogens (tertiary/aromatic N) is 1. The Balaban J connectivity index is 2.75. The summed E-state index contributed by atoms with van der Waals surface area (Å²) >= 11 is 3.51. The van der Waals surface area contributed by atoms with Crippen LogP contribution in [0.3, 0.4) is 0 Å². The van der Waals surface area contributed by atoms with Crippen molar-refractivity contribution < 1.29 is 9.84 Å². The highest BCUT2D eigenvalue weighted by Gasteiger charge is 2.09. The smallest absolute Gasteiger partial charge is 0.0717 e. The van der Waals surface area contributed by atoms with Gasteiger partial charge >= 0.3 is 0 Å². The number of nitrogens with two attached hydrogens (primary N) is 1. The van der Waals surface area contributed by atoms with E-state index in [9.17, 15) is 0 Å². The predicted molar refractivity (Wildman–Crippen MR) is 86.5 cm³/mol. The summed E-state index contributed by atoms with van der Waals surface area (Å²) < 4.78 is 6.45. The van der Waals surface area contributed by atoms with E-state index in [0.717, 1.165) is 40.9 Å². The third-order valence-corrected chi connectivity index (χ3v) is 3.93. The highest BCUT2D eigenvalue weighted by Crippen LogP contribution is 2.27. The van der Waals surface area contributed by atoms with Crippen molar-refractivity contribution >= 4 is 21.6 Å². The Morgan fingerprint density at radius 2 is 2.00 bits per heavy atom. The zero-order valence-corrected chi connectivity index (χ0v) is 13.9. The van der Waals surface area contributed by atoms with Crippen molar-refractivity contribution in [2.24, 2.45) is 0 Å². The van der Waals surface area contributed by atoms with Crippen LogP contribution in [-0.4, -0.2) is 36.3 Å². The maximum atomic E-state index is 8.73. The van der Waals surface area contributed by atoms with E-state index in [4.69, 9.17) is 15.6 Å². The lowest BCUT2D eigenvalue weighted by molar-refractivity contribution is 0.104. The summed E-state index contributed by atoms with van der Waals surface area (Å²) in [5.41, 5.74) is 9.17. The zero-order valence-electron chi connectivity index (χ0n) is 12.4. The third-order valence-electron chi connectivity index (χ3n) is 3.28. The van der Waals surface area contributed by atoms with Gasteiger partial charge in [0.1, 0.15) is 0 Å². The van der Waals surface area contributed by atoms with Crippen molar-refractivity contribution in [2.75, 3.05) is 32.0 Å². The molecule has 0 saturated carbocycles. The van der Waals surface area contributed by atoms with Crippen LogP contribution in [0.4, 0.5) is 5.69 Å². The van der Waals surface area contributed by atoms with E-state index in [1.54, 1.807) is 0 Å². The summed E-state index contributed by atoms with van der Waals surface area (Å²) in [5, 5.41) is 8.73. The van der Waals surface area contributed by atoms with Gasteiger partial charge in [-0.1, -0.05) is 19.9 Å². The van der Waals surface area contributed by atoms with E-state index in [-0.39, 0.29) is 6.61 Å². The van der Waals surface area contributed by atoms with E-state index in [1.807, 2.05) is 6.07 Å². The van der Waals surface area contributed by atoms with Gasteiger partial charge in [-0.25, -0.2) is 0 Å². The Bertz CT molecular complexity index is 409. The fraction of sp³-hybridized carbons (Fsp3) is 0.600.